The first-order valence-electron chi connectivity index (χ1n) is 3.19. The molecule has 1 heterocycles. The van der Waals surface area contributed by atoms with Gasteiger partial charge in [-0.2, -0.15) is 0 Å². The Bertz CT molecular complexity index is 82.2. The average molecular weight is 114 g/mol. The molecule has 0 aromatic heterocycles. The monoisotopic (exact) mass is 114 g/mol. The van der Waals surface area contributed by atoms with Crippen LogP contribution in [0.2, 0.25) is 0 Å². The van der Waals surface area contributed by atoms with Crippen LogP contribution in [0.3, 0.4) is 0 Å². The van der Waals surface area contributed by atoms with Crippen LogP contribution >= 0.6 is 8.58 Å². The highest BCUT2D eigenvalue weighted by Gasteiger charge is 2.63. The van der Waals surface area contributed by atoms with E-state index in [9.17, 15) is 0 Å². The Morgan fingerprint density at radius 1 is 1.43 bits per heavy atom. The minimum atomic E-state index is 1.23. The van der Waals surface area contributed by atoms with Crippen LogP contribution in [0.15, 0.2) is 0 Å². The van der Waals surface area contributed by atoms with Gasteiger partial charge >= 0.3 is 0 Å². The van der Waals surface area contributed by atoms with Crippen molar-refractivity contribution in [1.29, 1.82) is 0 Å². The molecule has 1 aliphatic heterocycles. The molecule has 1 heteroatoms. The molecule has 0 nitrogen and oxygen atoms in total. The second-order valence-electron chi connectivity index (χ2n) is 2.67. The van der Waals surface area contributed by atoms with Crippen molar-refractivity contribution in [2.75, 3.05) is 0 Å². The molecule has 7 heavy (non-hydrogen) atoms. The van der Waals surface area contributed by atoms with Gasteiger partial charge in [0.05, 0.1) is 0 Å². The van der Waals surface area contributed by atoms with E-state index in [0.29, 0.717) is 0 Å². The van der Waals surface area contributed by atoms with Crippen molar-refractivity contribution in [3.63, 3.8) is 0 Å². The van der Waals surface area contributed by atoms with Gasteiger partial charge in [-0.15, -0.1) is 8.58 Å². The third-order valence-electron chi connectivity index (χ3n) is 2.07. The fourth-order valence-electron chi connectivity index (χ4n) is 1.36. The van der Waals surface area contributed by atoms with Crippen LogP contribution in [-0.4, -0.2) is 11.3 Å². The number of fused-ring (bicyclic) bond motifs is 1. The summed E-state index contributed by atoms with van der Waals surface area (Å²) in [6, 6.07) is 0. The fourth-order valence-corrected chi connectivity index (χ4v) is 2.88. The molecule has 1 aliphatic carbocycles. The molecule has 0 amide bonds. The Morgan fingerprint density at radius 3 is 2.29 bits per heavy atom. The van der Waals surface area contributed by atoms with Crippen LogP contribution in [0, 0.1) is 5.92 Å². The lowest BCUT2D eigenvalue weighted by Gasteiger charge is -1.95. The smallest absolute Gasteiger partial charge is 0.0131 e. The normalized spacial score (nSPS) is 57.0. The van der Waals surface area contributed by atoms with Gasteiger partial charge < -0.3 is 0 Å². The van der Waals surface area contributed by atoms with Gasteiger partial charge in [0.2, 0.25) is 0 Å². The van der Waals surface area contributed by atoms with Crippen molar-refractivity contribution in [1.82, 2.24) is 0 Å². The molecule has 0 N–H and O–H groups in total. The Hall–Kier alpha value is 0.430. The van der Waals surface area contributed by atoms with Crippen molar-refractivity contribution < 1.29 is 0 Å². The Morgan fingerprint density at radius 2 is 2.14 bits per heavy atom. The summed E-state index contributed by atoms with van der Waals surface area (Å²) in [5.74, 6) is 1.23. The van der Waals surface area contributed by atoms with E-state index in [1.165, 1.54) is 38.7 Å². The summed E-state index contributed by atoms with van der Waals surface area (Å²) in [7, 11) is 1.39. The molecule has 1 saturated heterocycles. The van der Waals surface area contributed by atoms with Gasteiger partial charge in [-0.3, -0.25) is 0 Å². The Labute approximate surface area is 46.5 Å². The first kappa shape index (κ1) is 4.32. The van der Waals surface area contributed by atoms with Crippen molar-refractivity contribution in [3.8, 4) is 0 Å². The van der Waals surface area contributed by atoms with Crippen molar-refractivity contribution in [2.24, 2.45) is 5.92 Å². The molecule has 0 spiro atoms. The molecule has 0 aromatic carbocycles. The second-order valence-corrected chi connectivity index (χ2v) is 4.34. The van der Waals surface area contributed by atoms with E-state index < -0.39 is 0 Å². The third kappa shape index (κ3) is 0.530. The molecule has 40 valence electrons. The van der Waals surface area contributed by atoms with Gasteiger partial charge in [0.15, 0.2) is 0 Å². The Balaban J connectivity index is 1.73. The fraction of sp³-hybridized carbons (Fsp3) is 1.00. The van der Waals surface area contributed by atoms with Crippen LogP contribution in [0.25, 0.3) is 0 Å². The van der Waals surface area contributed by atoms with E-state index in [0.717, 1.165) is 0 Å². The van der Waals surface area contributed by atoms with Crippen molar-refractivity contribution in [2.45, 2.75) is 31.1 Å². The highest BCUT2D eigenvalue weighted by molar-refractivity contribution is 7.51. The first-order valence-corrected chi connectivity index (χ1v) is 4.35. The van der Waals surface area contributed by atoms with Crippen LogP contribution in [0.1, 0.15) is 19.8 Å². The highest BCUT2D eigenvalue weighted by Crippen LogP contribution is 2.74. The number of hydrogen-bond donors (Lipinski definition) is 0. The maximum Gasteiger partial charge on any atom is -0.0131 e. The van der Waals surface area contributed by atoms with E-state index in [-0.39, 0.29) is 0 Å². The van der Waals surface area contributed by atoms with E-state index in [4.69, 9.17) is 0 Å². The lowest BCUT2D eigenvalue weighted by atomic mass is 10.2. The van der Waals surface area contributed by atoms with Gasteiger partial charge in [0.1, 0.15) is 0 Å². The summed E-state index contributed by atoms with van der Waals surface area (Å²) in [5.41, 5.74) is 2.53. The minimum Gasteiger partial charge on any atom is -0.114 e. The zero-order valence-electron chi connectivity index (χ0n) is 4.65. The lowest BCUT2D eigenvalue weighted by Crippen LogP contribution is -1.83. The van der Waals surface area contributed by atoms with Crippen molar-refractivity contribution in [3.05, 3.63) is 0 Å². The van der Waals surface area contributed by atoms with Crippen molar-refractivity contribution >= 4 is 8.58 Å². The SMILES string of the molecule is CCCC1C2P[C@@H]12. The van der Waals surface area contributed by atoms with E-state index >= 15 is 0 Å². The standard InChI is InChI=1S/C6H11P/c1-2-3-4-5-6(4)7-5/h4-7H,2-3H2,1H3/t4?,5-,6?/m0/s1. The summed E-state index contributed by atoms with van der Waals surface area (Å²) in [6.45, 7) is 2.29. The van der Waals surface area contributed by atoms with Crippen LogP contribution < -0.4 is 0 Å². The molecule has 1 saturated carbocycles. The van der Waals surface area contributed by atoms with E-state index in [1.807, 2.05) is 0 Å². The highest BCUT2D eigenvalue weighted by atomic mass is 31.1. The quantitative estimate of drug-likeness (QED) is 0.480. The first-order chi connectivity index (χ1) is 3.43. The minimum absolute atomic E-state index is 1.23. The largest absolute Gasteiger partial charge is 0.114 e. The van der Waals surface area contributed by atoms with Gasteiger partial charge in [-0.05, 0) is 23.7 Å². The summed E-state index contributed by atoms with van der Waals surface area (Å²) in [6.07, 6.45) is 2.95. The lowest BCUT2D eigenvalue weighted by molar-refractivity contribution is 0.700. The molecule has 3 unspecified atom stereocenters. The summed E-state index contributed by atoms with van der Waals surface area (Å²) in [4.78, 5) is 0. The predicted molar refractivity (Wildman–Crippen MR) is 34.3 cm³/mol. The summed E-state index contributed by atoms with van der Waals surface area (Å²) < 4.78 is 0. The van der Waals surface area contributed by atoms with Crippen LogP contribution in [-0.2, 0) is 0 Å². The molecule has 2 rings (SSSR count). The maximum atomic E-state index is 2.29. The summed E-state index contributed by atoms with van der Waals surface area (Å²) in [5, 5.41) is 0. The zero-order valence-corrected chi connectivity index (χ0v) is 5.65. The average Bonchev–Trinajstić information content (AvgIpc) is 2.41. The second kappa shape index (κ2) is 1.23. The third-order valence-corrected chi connectivity index (χ3v) is 4.03. The zero-order chi connectivity index (χ0) is 4.85. The topological polar surface area (TPSA) is 0 Å². The molecule has 2 aliphatic rings. The van der Waals surface area contributed by atoms with Gasteiger partial charge in [-0.25, -0.2) is 0 Å². The van der Waals surface area contributed by atoms with Gasteiger partial charge in [-0.1, -0.05) is 13.3 Å². The molecule has 4 atom stereocenters. The maximum absolute atomic E-state index is 2.29. The Kier molecular flexibility index (Phi) is 0.758. The number of hydrogen-bond acceptors (Lipinski definition) is 0. The van der Waals surface area contributed by atoms with Gasteiger partial charge in [0.25, 0.3) is 0 Å². The van der Waals surface area contributed by atoms with Crippen LogP contribution in [0.4, 0.5) is 0 Å². The molecule has 0 bridgehead atoms. The van der Waals surface area contributed by atoms with E-state index in [1.54, 1.807) is 0 Å². The molecular formula is C6H11P. The molecule has 0 radical (unpaired) electrons. The van der Waals surface area contributed by atoms with Gasteiger partial charge in [0, 0.05) is 0 Å². The number of rotatable bonds is 2. The summed E-state index contributed by atoms with van der Waals surface area (Å²) >= 11 is 0. The molecule has 2 fully saturated rings. The molecule has 0 aromatic rings. The predicted octanol–water partition coefficient (Wildman–Crippen LogP) is 1.85. The van der Waals surface area contributed by atoms with Crippen LogP contribution in [0.5, 0.6) is 0 Å². The molecular weight excluding hydrogens is 103 g/mol. The van der Waals surface area contributed by atoms with E-state index in [2.05, 4.69) is 6.92 Å².